The predicted molar refractivity (Wildman–Crippen MR) is 150 cm³/mol. The Morgan fingerprint density at radius 3 is 2.72 bits per heavy atom. The number of hydrogen-bond donors (Lipinski definition) is 2. The topological polar surface area (TPSA) is 57.5 Å². The van der Waals surface area contributed by atoms with E-state index in [0.29, 0.717) is 53.0 Å². The van der Waals surface area contributed by atoms with Crippen LogP contribution in [0.3, 0.4) is 0 Å². The van der Waals surface area contributed by atoms with Crippen LogP contribution in [0.1, 0.15) is 68.9 Å². The molecule has 1 aromatic heterocycles. The molecule has 3 aliphatic carbocycles. The van der Waals surface area contributed by atoms with Gasteiger partial charge in [-0.25, -0.2) is 9.98 Å². The molecule has 1 aromatic carbocycles. The molecule has 6 atom stereocenters. The fourth-order valence-electron chi connectivity index (χ4n) is 6.51. The molecule has 36 heavy (non-hydrogen) atoms. The highest BCUT2D eigenvalue weighted by Gasteiger charge is 2.43. The summed E-state index contributed by atoms with van der Waals surface area (Å²) in [5.74, 6) is 5.11. The van der Waals surface area contributed by atoms with Gasteiger partial charge in [0.15, 0.2) is 5.82 Å². The zero-order chi connectivity index (χ0) is 25.2. The van der Waals surface area contributed by atoms with Crippen LogP contribution in [0.15, 0.2) is 54.0 Å². The summed E-state index contributed by atoms with van der Waals surface area (Å²) in [5.41, 5.74) is 2.43. The zero-order valence-corrected chi connectivity index (χ0v) is 22.4. The summed E-state index contributed by atoms with van der Waals surface area (Å²) in [6.07, 6.45) is 11.5. The van der Waals surface area contributed by atoms with Gasteiger partial charge in [0.05, 0.1) is 11.1 Å². The summed E-state index contributed by atoms with van der Waals surface area (Å²) in [5, 5.41) is 14.7. The van der Waals surface area contributed by atoms with Crippen molar-refractivity contribution in [1.82, 2.24) is 4.98 Å². The molecule has 192 valence electrons. The molecule has 0 aliphatic heterocycles. The number of benzene rings is 1. The Morgan fingerprint density at radius 1 is 1.19 bits per heavy atom. The smallest absolute Gasteiger partial charge is 0.156 e. The van der Waals surface area contributed by atoms with Gasteiger partial charge in [-0.1, -0.05) is 54.9 Å². The molecular formula is C31H40ClN3O. The highest BCUT2D eigenvalue weighted by Crippen LogP contribution is 2.49. The van der Waals surface area contributed by atoms with Gasteiger partial charge in [-0.2, -0.15) is 0 Å². The number of anilines is 1. The lowest BCUT2D eigenvalue weighted by atomic mass is 9.76. The average molecular weight is 506 g/mol. The Labute approximate surface area is 221 Å². The van der Waals surface area contributed by atoms with Crippen LogP contribution in [0.25, 0.3) is 0 Å². The Hall–Kier alpha value is -2.17. The van der Waals surface area contributed by atoms with Gasteiger partial charge in [-0.05, 0) is 105 Å². The summed E-state index contributed by atoms with van der Waals surface area (Å²) in [6, 6.07) is 13.1. The fourth-order valence-corrected chi connectivity index (χ4v) is 6.77. The molecule has 1 heterocycles. The second-order valence-electron chi connectivity index (χ2n) is 11.5. The van der Waals surface area contributed by atoms with E-state index in [0.717, 1.165) is 36.5 Å². The molecule has 2 N–H and O–H groups in total. The molecule has 0 radical (unpaired) electrons. The Morgan fingerprint density at radius 2 is 1.97 bits per heavy atom. The van der Waals surface area contributed by atoms with E-state index >= 15 is 0 Å². The van der Waals surface area contributed by atoms with Gasteiger partial charge in [0, 0.05) is 12.3 Å². The number of halogens is 1. The molecule has 0 amide bonds. The Balaban J connectivity index is 1.13. The van der Waals surface area contributed by atoms with Crippen LogP contribution in [-0.4, -0.2) is 28.5 Å². The van der Waals surface area contributed by atoms with Gasteiger partial charge >= 0.3 is 0 Å². The van der Waals surface area contributed by atoms with Gasteiger partial charge in [-0.15, -0.1) is 6.58 Å². The van der Waals surface area contributed by atoms with Crippen molar-refractivity contribution in [3.63, 3.8) is 0 Å². The van der Waals surface area contributed by atoms with Crippen LogP contribution in [-0.2, 0) is 0 Å². The van der Waals surface area contributed by atoms with Crippen molar-refractivity contribution in [1.29, 1.82) is 0 Å². The quantitative estimate of drug-likeness (QED) is 0.256. The third kappa shape index (κ3) is 5.70. The van der Waals surface area contributed by atoms with Crippen LogP contribution in [0.4, 0.5) is 11.6 Å². The van der Waals surface area contributed by atoms with Crippen molar-refractivity contribution >= 4 is 29.5 Å². The molecule has 5 rings (SSSR count). The molecular weight excluding hydrogens is 466 g/mol. The third-order valence-corrected chi connectivity index (χ3v) is 9.34. The zero-order valence-electron chi connectivity index (χ0n) is 21.6. The van der Waals surface area contributed by atoms with Gasteiger partial charge in [0.1, 0.15) is 5.82 Å². The van der Waals surface area contributed by atoms with E-state index in [9.17, 15) is 5.11 Å². The van der Waals surface area contributed by atoms with E-state index in [-0.39, 0.29) is 6.10 Å². The highest BCUT2D eigenvalue weighted by atomic mass is 35.5. The first-order chi connectivity index (χ1) is 17.4. The van der Waals surface area contributed by atoms with E-state index in [4.69, 9.17) is 21.6 Å². The Kier molecular flexibility index (Phi) is 7.83. The van der Waals surface area contributed by atoms with Crippen molar-refractivity contribution in [3.05, 3.63) is 65.2 Å². The molecule has 0 bridgehead atoms. The molecule has 3 aliphatic rings. The van der Waals surface area contributed by atoms with E-state index < -0.39 is 0 Å². The highest BCUT2D eigenvalue weighted by molar-refractivity contribution is 6.33. The summed E-state index contributed by atoms with van der Waals surface area (Å²) < 4.78 is 0. The van der Waals surface area contributed by atoms with Crippen LogP contribution in [0.5, 0.6) is 0 Å². The second kappa shape index (κ2) is 11.1. The van der Waals surface area contributed by atoms with Gasteiger partial charge in [0.25, 0.3) is 0 Å². The molecule has 4 nitrogen and oxygen atoms in total. The predicted octanol–water partition coefficient (Wildman–Crippen LogP) is 7.73. The van der Waals surface area contributed by atoms with Crippen LogP contribution in [0.2, 0.25) is 5.02 Å². The minimum absolute atomic E-state index is 0.231. The van der Waals surface area contributed by atoms with Crippen molar-refractivity contribution in [2.75, 3.05) is 5.32 Å². The maximum absolute atomic E-state index is 10.4. The average Bonchev–Trinajstić information content (AvgIpc) is 3.48. The van der Waals surface area contributed by atoms with Gasteiger partial charge in [-0.3, -0.25) is 0 Å². The third-order valence-electron chi connectivity index (χ3n) is 9.05. The van der Waals surface area contributed by atoms with Gasteiger partial charge < -0.3 is 10.4 Å². The lowest BCUT2D eigenvalue weighted by Crippen LogP contribution is -2.34. The van der Waals surface area contributed by atoms with Crippen molar-refractivity contribution in [3.8, 4) is 0 Å². The normalized spacial score (nSPS) is 32.3. The van der Waals surface area contributed by atoms with Crippen LogP contribution < -0.4 is 5.32 Å². The number of aliphatic hydroxyl groups is 1. The maximum Gasteiger partial charge on any atom is 0.156 e. The van der Waals surface area contributed by atoms with Gasteiger partial charge in [0.2, 0.25) is 0 Å². The number of aryl methyl sites for hydroxylation is 1. The largest absolute Gasteiger partial charge is 0.393 e. The molecule has 2 aromatic rings. The monoisotopic (exact) mass is 505 g/mol. The Bertz CT molecular complexity index is 1080. The number of pyridine rings is 1. The van der Waals surface area contributed by atoms with E-state index in [1.165, 1.54) is 24.8 Å². The SMILES string of the molecule is C=CCC(O)C1CCC(CC2CC2/C=N\c2nc(NC3CC(c4ccccc4)C3)c(Cl)cc2C)[C@H]1C. The molecule has 3 fully saturated rings. The number of rotatable bonds is 10. The number of aliphatic hydroxyl groups excluding tert-OH is 1. The first kappa shape index (κ1) is 25.5. The lowest BCUT2D eigenvalue weighted by molar-refractivity contribution is 0.0844. The lowest BCUT2D eigenvalue weighted by Gasteiger charge is -2.36. The number of nitrogens with one attached hydrogen (secondary N) is 1. The van der Waals surface area contributed by atoms with Crippen LogP contribution in [0, 0.1) is 36.5 Å². The number of aromatic nitrogens is 1. The number of hydrogen-bond acceptors (Lipinski definition) is 4. The molecule has 3 saturated carbocycles. The number of nitrogens with zero attached hydrogens (tertiary/aromatic N) is 2. The maximum atomic E-state index is 10.4. The second-order valence-corrected chi connectivity index (χ2v) is 11.9. The summed E-state index contributed by atoms with van der Waals surface area (Å²) in [6.45, 7) is 8.16. The fraction of sp³-hybridized carbons (Fsp3) is 0.548. The number of aliphatic imine (C=N–C) groups is 1. The first-order valence-electron chi connectivity index (χ1n) is 13.7. The molecule has 5 unspecified atom stereocenters. The standard InChI is InChI=1S/C31H40ClN3O/c1-4-8-29(36)27-12-11-22(20(27)3)14-23-15-25(23)18-33-30-19(2)13-28(32)31(35-30)34-26-16-24(17-26)21-9-6-5-7-10-21/h4-7,9-10,13,18,20,22-27,29,36H,1,8,11-12,14-17H2,2-3H3,(H,34,35)/b33-18-/t20-,22?,23?,24?,25?,26?,27?,29?/m1/s1. The minimum Gasteiger partial charge on any atom is -0.393 e. The van der Waals surface area contributed by atoms with E-state index in [2.05, 4.69) is 55.4 Å². The molecule has 0 saturated heterocycles. The summed E-state index contributed by atoms with van der Waals surface area (Å²) in [4.78, 5) is 9.61. The first-order valence-corrected chi connectivity index (χ1v) is 14.1. The van der Waals surface area contributed by atoms with E-state index in [1.807, 2.05) is 19.1 Å². The van der Waals surface area contributed by atoms with Crippen LogP contribution >= 0.6 is 11.6 Å². The van der Waals surface area contributed by atoms with Crippen molar-refractivity contribution in [2.45, 2.75) is 76.9 Å². The van der Waals surface area contributed by atoms with E-state index in [1.54, 1.807) is 0 Å². The van der Waals surface area contributed by atoms with Crippen molar-refractivity contribution in [2.24, 2.45) is 34.6 Å². The summed E-state index contributed by atoms with van der Waals surface area (Å²) >= 11 is 6.54. The van der Waals surface area contributed by atoms with Crippen molar-refractivity contribution < 1.29 is 5.11 Å². The minimum atomic E-state index is -0.231. The molecule has 5 heteroatoms. The molecule has 0 spiro atoms. The summed E-state index contributed by atoms with van der Waals surface area (Å²) in [7, 11) is 0.